The van der Waals surface area contributed by atoms with E-state index in [2.05, 4.69) is 5.32 Å². The summed E-state index contributed by atoms with van der Waals surface area (Å²) >= 11 is 1.48. The number of hydrogen-bond acceptors (Lipinski definition) is 4. The Labute approximate surface area is 117 Å². The Balaban J connectivity index is 1.68. The maximum atomic E-state index is 11.7. The fourth-order valence-electron chi connectivity index (χ4n) is 2.01. The van der Waals surface area contributed by atoms with E-state index in [1.165, 1.54) is 11.8 Å². The highest BCUT2D eigenvalue weighted by Gasteiger charge is 2.27. The number of benzene rings is 1. The van der Waals surface area contributed by atoms with Crippen LogP contribution >= 0.6 is 11.8 Å². The third kappa shape index (κ3) is 4.87. The summed E-state index contributed by atoms with van der Waals surface area (Å²) < 4.78 is 22.6. The number of rotatable bonds is 5. The third-order valence-corrected chi connectivity index (χ3v) is 5.88. The van der Waals surface area contributed by atoms with Crippen LogP contribution in [0.2, 0.25) is 0 Å². The molecule has 1 N–H and O–H groups in total. The SMILES string of the molecule is O=C(CSc1ccccc1)NCC1CCS(=O)(=O)C1. The summed E-state index contributed by atoms with van der Waals surface area (Å²) in [4.78, 5) is 12.7. The van der Waals surface area contributed by atoms with Gasteiger partial charge in [-0.3, -0.25) is 4.79 Å². The molecule has 0 aliphatic carbocycles. The van der Waals surface area contributed by atoms with Gasteiger partial charge in [-0.15, -0.1) is 11.8 Å². The van der Waals surface area contributed by atoms with Crippen molar-refractivity contribution in [1.29, 1.82) is 0 Å². The highest BCUT2D eigenvalue weighted by Crippen LogP contribution is 2.18. The van der Waals surface area contributed by atoms with E-state index in [0.29, 0.717) is 18.7 Å². The van der Waals surface area contributed by atoms with Gasteiger partial charge in [-0.05, 0) is 24.5 Å². The fourth-order valence-corrected chi connectivity index (χ4v) is 4.62. The van der Waals surface area contributed by atoms with Crippen LogP contribution in [0.15, 0.2) is 35.2 Å². The molecule has 2 rings (SSSR count). The van der Waals surface area contributed by atoms with E-state index >= 15 is 0 Å². The molecule has 1 heterocycles. The minimum atomic E-state index is -2.86. The van der Waals surface area contributed by atoms with Crippen molar-refractivity contribution in [2.45, 2.75) is 11.3 Å². The van der Waals surface area contributed by atoms with Crippen LogP contribution in [0.25, 0.3) is 0 Å². The van der Waals surface area contributed by atoms with E-state index in [-0.39, 0.29) is 23.3 Å². The second kappa shape index (κ2) is 6.43. The first kappa shape index (κ1) is 14.4. The standard InChI is InChI=1S/C13H17NO3S2/c15-13(9-18-12-4-2-1-3-5-12)14-8-11-6-7-19(16,17)10-11/h1-5,11H,6-10H2,(H,14,15). The molecule has 1 fully saturated rings. The van der Waals surface area contributed by atoms with E-state index in [1.807, 2.05) is 30.3 Å². The van der Waals surface area contributed by atoms with Gasteiger partial charge in [0.25, 0.3) is 0 Å². The van der Waals surface area contributed by atoms with Crippen LogP contribution in [0.4, 0.5) is 0 Å². The highest BCUT2D eigenvalue weighted by molar-refractivity contribution is 8.00. The Morgan fingerprint density at radius 1 is 1.32 bits per heavy atom. The fraction of sp³-hybridized carbons (Fsp3) is 0.462. The molecular weight excluding hydrogens is 282 g/mol. The summed E-state index contributed by atoms with van der Waals surface area (Å²) in [6, 6.07) is 9.72. The van der Waals surface area contributed by atoms with Crippen molar-refractivity contribution in [2.24, 2.45) is 5.92 Å². The Morgan fingerprint density at radius 3 is 2.68 bits per heavy atom. The van der Waals surface area contributed by atoms with E-state index in [0.717, 1.165) is 4.90 Å². The van der Waals surface area contributed by atoms with Gasteiger partial charge in [0, 0.05) is 11.4 Å². The Bertz CT molecular complexity index is 528. The zero-order chi connectivity index (χ0) is 13.7. The Hall–Kier alpha value is -1.01. The van der Waals surface area contributed by atoms with Gasteiger partial charge in [-0.2, -0.15) is 0 Å². The lowest BCUT2D eigenvalue weighted by Gasteiger charge is -2.09. The smallest absolute Gasteiger partial charge is 0.230 e. The summed E-state index contributed by atoms with van der Waals surface area (Å²) in [5.41, 5.74) is 0. The topological polar surface area (TPSA) is 63.2 Å². The molecule has 1 aliphatic rings. The molecule has 6 heteroatoms. The van der Waals surface area contributed by atoms with E-state index < -0.39 is 9.84 Å². The first-order valence-electron chi connectivity index (χ1n) is 6.20. The van der Waals surface area contributed by atoms with Crippen LogP contribution in [0.5, 0.6) is 0 Å². The maximum absolute atomic E-state index is 11.7. The van der Waals surface area contributed by atoms with Crippen molar-refractivity contribution in [1.82, 2.24) is 5.32 Å². The van der Waals surface area contributed by atoms with Gasteiger partial charge in [0.05, 0.1) is 17.3 Å². The summed E-state index contributed by atoms with van der Waals surface area (Å²) in [5.74, 6) is 0.864. The number of nitrogens with one attached hydrogen (secondary N) is 1. The van der Waals surface area contributed by atoms with Crippen molar-refractivity contribution in [3.8, 4) is 0 Å². The molecule has 0 spiro atoms. The van der Waals surface area contributed by atoms with Crippen LogP contribution in [-0.2, 0) is 14.6 Å². The minimum Gasteiger partial charge on any atom is -0.355 e. The molecule has 1 aromatic rings. The number of carbonyl (C=O) groups excluding carboxylic acids is 1. The zero-order valence-electron chi connectivity index (χ0n) is 10.5. The molecule has 4 nitrogen and oxygen atoms in total. The van der Waals surface area contributed by atoms with E-state index in [1.54, 1.807) is 0 Å². The average molecular weight is 299 g/mol. The van der Waals surface area contributed by atoms with Crippen molar-refractivity contribution < 1.29 is 13.2 Å². The lowest BCUT2D eigenvalue weighted by Crippen LogP contribution is -2.31. The van der Waals surface area contributed by atoms with Crippen LogP contribution in [0.3, 0.4) is 0 Å². The monoisotopic (exact) mass is 299 g/mol. The first-order chi connectivity index (χ1) is 9.05. The second-order valence-corrected chi connectivity index (χ2v) is 7.95. The second-order valence-electron chi connectivity index (χ2n) is 4.67. The number of amides is 1. The predicted octanol–water partition coefficient (Wildman–Crippen LogP) is 1.33. The average Bonchev–Trinajstić information content (AvgIpc) is 2.75. The predicted molar refractivity (Wildman–Crippen MR) is 76.9 cm³/mol. The van der Waals surface area contributed by atoms with Gasteiger partial charge >= 0.3 is 0 Å². The minimum absolute atomic E-state index is 0.0434. The molecule has 1 amide bonds. The van der Waals surface area contributed by atoms with Crippen molar-refractivity contribution in [2.75, 3.05) is 23.8 Å². The number of carbonyl (C=O) groups is 1. The molecule has 0 saturated carbocycles. The van der Waals surface area contributed by atoms with Gasteiger partial charge in [-0.1, -0.05) is 18.2 Å². The largest absolute Gasteiger partial charge is 0.355 e. The quantitative estimate of drug-likeness (QED) is 0.833. The normalized spacial score (nSPS) is 21.2. The molecule has 19 heavy (non-hydrogen) atoms. The molecule has 1 aromatic carbocycles. The molecule has 0 radical (unpaired) electrons. The van der Waals surface area contributed by atoms with Crippen LogP contribution in [0.1, 0.15) is 6.42 Å². The Morgan fingerprint density at radius 2 is 2.05 bits per heavy atom. The van der Waals surface area contributed by atoms with Gasteiger partial charge < -0.3 is 5.32 Å². The Kier molecular flexibility index (Phi) is 4.87. The third-order valence-electron chi connectivity index (χ3n) is 3.03. The van der Waals surface area contributed by atoms with E-state index in [4.69, 9.17) is 0 Å². The lowest BCUT2D eigenvalue weighted by molar-refractivity contribution is -0.118. The zero-order valence-corrected chi connectivity index (χ0v) is 12.2. The van der Waals surface area contributed by atoms with Crippen molar-refractivity contribution >= 4 is 27.5 Å². The van der Waals surface area contributed by atoms with Gasteiger partial charge in [-0.25, -0.2) is 8.42 Å². The molecule has 1 unspecified atom stereocenters. The number of hydrogen-bond donors (Lipinski definition) is 1. The summed E-state index contributed by atoms with van der Waals surface area (Å²) in [7, 11) is -2.86. The molecule has 0 bridgehead atoms. The van der Waals surface area contributed by atoms with Crippen LogP contribution < -0.4 is 5.32 Å². The summed E-state index contributed by atoms with van der Waals surface area (Å²) in [6.07, 6.45) is 0.661. The lowest BCUT2D eigenvalue weighted by atomic mass is 10.1. The van der Waals surface area contributed by atoms with Gasteiger partial charge in [0.1, 0.15) is 0 Å². The molecule has 1 aliphatic heterocycles. The van der Waals surface area contributed by atoms with Crippen molar-refractivity contribution in [3.63, 3.8) is 0 Å². The molecule has 104 valence electrons. The van der Waals surface area contributed by atoms with E-state index in [9.17, 15) is 13.2 Å². The molecule has 0 aromatic heterocycles. The number of sulfone groups is 1. The highest BCUT2D eigenvalue weighted by atomic mass is 32.2. The molecule has 1 saturated heterocycles. The molecular formula is C13H17NO3S2. The first-order valence-corrected chi connectivity index (χ1v) is 9.01. The van der Waals surface area contributed by atoms with Gasteiger partial charge in [0.15, 0.2) is 9.84 Å². The van der Waals surface area contributed by atoms with Gasteiger partial charge in [0.2, 0.25) is 5.91 Å². The summed E-state index contributed by atoms with van der Waals surface area (Å²) in [6.45, 7) is 0.466. The summed E-state index contributed by atoms with van der Waals surface area (Å²) in [5, 5.41) is 2.81. The van der Waals surface area contributed by atoms with Crippen LogP contribution in [-0.4, -0.2) is 38.1 Å². The van der Waals surface area contributed by atoms with Crippen molar-refractivity contribution in [3.05, 3.63) is 30.3 Å². The van der Waals surface area contributed by atoms with Crippen LogP contribution in [0, 0.1) is 5.92 Å². The number of thioether (sulfide) groups is 1. The molecule has 1 atom stereocenters. The maximum Gasteiger partial charge on any atom is 0.230 e.